The normalized spacial score (nSPS) is 21.5. The summed E-state index contributed by atoms with van der Waals surface area (Å²) in [4.78, 5) is 0. The Kier molecular flexibility index (Phi) is 6.16. The molecule has 0 saturated carbocycles. The molecule has 0 aromatic heterocycles. The second-order valence-electron chi connectivity index (χ2n) is 7.38. The Balaban J connectivity index is 1.82. The molecule has 2 N–H and O–H groups in total. The van der Waals surface area contributed by atoms with Crippen LogP contribution in [0.4, 0.5) is 0 Å². The standard InChI is InChI=1S/C25H26O5/c1-28-21-14-12-20(13-15-21)25(18-8-4-2-5-9-18,19-10-6-3-7-11-19)30-17-23-24(27)22(26)16-29-23/h2-15,22-24,26-27H,16-17H2,1H3/t22?,23-,24?/m1/s1. The number of rotatable bonds is 7. The van der Waals surface area contributed by atoms with Crippen LogP contribution in [0.2, 0.25) is 0 Å². The molecule has 1 saturated heterocycles. The Hall–Kier alpha value is -2.70. The first kappa shape index (κ1) is 20.6. The molecule has 0 amide bonds. The van der Waals surface area contributed by atoms with Gasteiger partial charge in [-0.25, -0.2) is 0 Å². The van der Waals surface area contributed by atoms with Crippen LogP contribution in [-0.2, 0) is 15.1 Å². The predicted octanol–water partition coefficient (Wildman–Crippen LogP) is 3.12. The molecule has 156 valence electrons. The van der Waals surface area contributed by atoms with E-state index >= 15 is 0 Å². The Morgan fingerprint density at radius 3 is 1.83 bits per heavy atom. The fraction of sp³-hybridized carbons (Fsp3) is 0.280. The first-order valence-corrected chi connectivity index (χ1v) is 10.0. The summed E-state index contributed by atoms with van der Waals surface area (Å²) in [6, 6.07) is 27.7. The summed E-state index contributed by atoms with van der Waals surface area (Å²) in [5, 5.41) is 20.1. The maximum atomic E-state index is 10.3. The number of methoxy groups -OCH3 is 1. The molecule has 1 aliphatic heterocycles. The van der Waals surface area contributed by atoms with Crippen LogP contribution in [0.3, 0.4) is 0 Å². The van der Waals surface area contributed by atoms with Gasteiger partial charge in [0.2, 0.25) is 0 Å². The van der Waals surface area contributed by atoms with Crippen molar-refractivity contribution < 1.29 is 24.4 Å². The van der Waals surface area contributed by atoms with Crippen molar-refractivity contribution in [2.75, 3.05) is 20.3 Å². The SMILES string of the molecule is COc1ccc(C(OC[C@H]2OCC(O)C2O)(c2ccccc2)c2ccccc2)cc1. The average molecular weight is 406 g/mol. The lowest BCUT2D eigenvalue weighted by Gasteiger charge is -2.37. The number of aliphatic hydroxyl groups excluding tert-OH is 2. The van der Waals surface area contributed by atoms with Gasteiger partial charge in [-0.05, 0) is 28.8 Å². The van der Waals surface area contributed by atoms with Crippen molar-refractivity contribution in [2.24, 2.45) is 0 Å². The third-order valence-corrected chi connectivity index (χ3v) is 5.58. The highest BCUT2D eigenvalue weighted by Gasteiger charge is 2.41. The molecule has 0 aliphatic carbocycles. The van der Waals surface area contributed by atoms with Gasteiger partial charge in [0.25, 0.3) is 0 Å². The fourth-order valence-electron chi connectivity index (χ4n) is 3.94. The first-order valence-electron chi connectivity index (χ1n) is 10.0. The van der Waals surface area contributed by atoms with E-state index < -0.39 is 23.9 Å². The molecule has 3 aromatic carbocycles. The van der Waals surface area contributed by atoms with Crippen LogP contribution in [0.25, 0.3) is 0 Å². The van der Waals surface area contributed by atoms with Gasteiger partial charge in [-0.15, -0.1) is 0 Å². The molecule has 5 heteroatoms. The molecule has 1 fully saturated rings. The molecule has 0 radical (unpaired) electrons. The van der Waals surface area contributed by atoms with Crippen LogP contribution < -0.4 is 4.74 Å². The summed E-state index contributed by atoms with van der Waals surface area (Å²) in [5.41, 5.74) is 1.91. The van der Waals surface area contributed by atoms with E-state index in [-0.39, 0.29) is 13.2 Å². The highest BCUT2D eigenvalue weighted by atomic mass is 16.6. The van der Waals surface area contributed by atoms with Crippen LogP contribution in [0.1, 0.15) is 16.7 Å². The zero-order valence-corrected chi connectivity index (χ0v) is 16.8. The van der Waals surface area contributed by atoms with Crippen molar-refractivity contribution in [1.29, 1.82) is 0 Å². The first-order chi connectivity index (χ1) is 14.6. The van der Waals surface area contributed by atoms with Gasteiger partial charge in [0.15, 0.2) is 0 Å². The Bertz CT molecular complexity index is 887. The van der Waals surface area contributed by atoms with E-state index in [4.69, 9.17) is 14.2 Å². The quantitative estimate of drug-likeness (QED) is 0.590. The van der Waals surface area contributed by atoms with Gasteiger partial charge in [0, 0.05) is 0 Å². The van der Waals surface area contributed by atoms with E-state index in [1.807, 2.05) is 84.9 Å². The highest BCUT2D eigenvalue weighted by Crippen LogP contribution is 2.41. The molecule has 0 bridgehead atoms. The molecule has 1 aliphatic rings. The van der Waals surface area contributed by atoms with E-state index in [0.29, 0.717) is 0 Å². The zero-order chi connectivity index (χ0) is 21.0. The summed E-state index contributed by atoms with van der Waals surface area (Å²) < 4.78 is 17.5. The Labute approximate surface area is 176 Å². The van der Waals surface area contributed by atoms with E-state index in [2.05, 4.69) is 0 Å². The monoisotopic (exact) mass is 406 g/mol. The minimum atomic E-state index is -0.981. The lowest BCUT2D eigenvalue weighted by Crippen LogP contribution is -2.39. The largest absolute Gasteiger partial charge is 0.497 e. The van der Waals surface area contributed by atoms with Gasteiger partial charge < -0.3 is 24.4 Å². The maximum Gasteiger partial charge on any atom is 0.143 e. The molecular formula is C25H26O5. The molecule has 30 heavy (non-hydrogen) atoms. The molecule has 1 heterocycles. The number of hydrogen-bond donors (Lipinski definition) is 2. The molecule has 3 atom stereocenters. The van der Waals surface area contributed by atoms with Crippen molar-refractivity contribution in [1.82, 2.24) is 0 Å². The topological polar surface area (TPSA) is 68.2 Å². The summed E-state index contributed by atoms with van der Waals surface area (Å²) >= 11 is 0. The second-order valence-corrected chi connectivity index (χ2v) is 7.38. The summed E-state index contributed by atoms with van der Waals surface area (Å²) in [6.45, 7) is 0.218. The van der Waals surface area contributed by atoms with E-state index in [0.717, 1.165) is 22.4 Å². The summed E-state index contributed by atoms with van der Waals surface area (Å²) in [6.07, 6.45) is -2.49. The van der Waals surface area contributed by atoms with Gasteiger partial charge in [-0.2, -0.15) is 0 Å². The van der Waals surface area contributed by atoms with Gasteiger partial charge in [-0.3, -0.25) is 0 Å². The van der Waals surface area contributed by atoms with E-state index in [1.165, 1.54) is 0 Å². The van der Waals surface area contributed by atoms with Gasteiger partial charge in [-0.1, -0.05) is 72.8 Å². The molecule has 5 nitrogen and oxygen atoms in total. The van der Waals surface area contributed by atoms with Gasteiger partial charge in [0.1, 0.15) is 29.7 Å². The van der Waals surface area contributed by atoms with Crippen LogP contribution in [-0.4, -0.2) is 48.8 Å². The maximum absolute atomic E-state index is 10.3. The molecular weight excluding hydrogens is 380 g/mol. The number of benzene rings is 3. The van der Waals surface area contributed by atoms with Crippen molar-refractivity contribution in [3.8, 4) is 5.75 Å². The fourth-order valence-corrected chi connectivity index (χ4v) is 3.94. The van der Waals surface area contributed by atoms with Crippen LogP contribution in [0, 0.1) is 0 Å². The van der Waals surface area contributed by atoms with Gasteiger partial charge >= 0.3 is 0 Å². The Morgan fingerprint density at radius 2 is 1.37 bits per heavy atom. The smallest absolute Gasteiger partial charge is 0.143 e. The number of aliphatic hydroxyl groups is 2. The van der Waals surface area contributed by atoms with Crippen molar-refractivity contribution in [3.05, 3.63) is 102 Å². The minimum Gasteiger partial charge on any atom is -0.497 e. The van der Waals surface area contributed by atoms with Crippen molar-refractivity contribution in [2.45, 2.75) is 23.9 Å². The second kappa shape index (κ2) is 8.98. The summed E-state index contributed by atoms with van der Waals surface area (Å²) in [7, 11) is 1.64. The predicted molar refractivity (Wildman–Crippen MR) is 113 cm³/mol. The number of hydrogen-bond acceptors (Lipinski definition) is 5. The zero-order valence-electron chi connectivity index (χ0n) is 16.8. The van der Waals surface area contributed by atoms with Gasteiger partial charge in [0.05, 0.1) is 20.3 Å². The lowest BCUT2D eigenvalue weighted by atomic mass is 9.80. The lowest BCUT2D eigenvalue weighted by molar-refractivity contribution is -0.0725. The van der Waals surface area contributed by atoms with E-state index in [1.54, 1.807) is 7.11 Å². The van der Waals surface area contributed by atoms with Crippen LogP contribution in [0.5, 0.6) is 5.75 Å². The molecule has 2 unspecified atom stereocenters. The minimum absolute atomic E-state index is 0.0986. The van der Waals surface area contributed by atoms with Crippen LogP contribution in [0.15, 0.2) is 84.9 Å². The summed E-state index contributed by atoms with van der Waals surface area (Å²) in [5.74, 6) is 0.756. The number of ether oxygens (including phenoxy) is 3. The average Bonchev–Trinajstić information content (AvgIpc) is 3.13. The molecule has 3 aromatic rings. The van der Waals surface area contributed by atoms with Crippen LogP contribution >= 0.6 is 0 Å². The highest BCUT2D eigenvalue weighted by molar-refractivity contribution is 5.48. The van der Waals surface area contributed by atoms with Crippen molar-refractivity contribution in [3.63, 3.8) is 0 Å². The van der Waals surface area contributed by atoms with Crippen molar-refractivity contribution >= 4 is 0 Å². The third kappa shape index (κ3) is 3.85. The molecule has 0 spiro atoms. The van der Waals surface area contributed by atoms with E-state index in [9.17, 15) is 10.2 Å². The molecule has 4 rings (SSSR count). The Morgan fingerprint density at radius 1 is 0.833 bits per heavy atom. The third-order valence-electron chi connectivity index (χ3n) is 5.58.